The molecule has 1 aromatic rings. The summed E-state index contributed by atoms with van der Waals surface area (Å²) in [7, 11) is 0. The number of hydrogen-bond donors (Lipinski definition) is 2. The molecule has 0 aliphatic carbocycles. The number of benzene rings is 1. The van der Waals surface area contributed by atoms with Gasteiger partial charge >= 0.3 is 0 Å². The van der Waals surface area contributed by atoms with Gasteiger partial charge in [-0.1, -0.05) is 0 Å². The van der Waals surface area contributed by atoms with Gasteiger partial charge in [-0.3, -0.25) is 4.79 Å². The number of anilines is 2. The average Bonchev–Trinajstić information content (AvgIpc) is 2.35. The second-order valence-electron chi connectivity index (χ2n) is 5.05. The Labute approximate surface area is 113 Å². The highest BCUT2D eigenvalue weighted by atomic mass is 16.5. The van der Waals surface area contributed by atoms with Gasteiger partial charge in [0.2, 0.25) is 5.91 Å². The zero-order valence-corrected chi connectivity index (χ0v) is 11.6. The summed E-state index contributed by atoms with van der Waals surface area (Å²) in [5.41, 5.74) is 7.49. The van der Waals surface area contributed by atoms with Crippen LogP contribution in [0.25, 0.3) is 0 Å². The van der Waals surface area contributed by atoms with Crippen molar-refractivity contribution < 1.29 is 9.53 Å². The lowest BCUT2D eigenvalue weighted by atomic mass is 10.1. The predicted octanol–water partition coefficient (Wildman–Crippen LogP) is 1.38. The summed E-state index contributed by atoms with van der Waals surface area (Å²) in [5.74, 6) is 0.722. The van der Waals surface area contributed by atoms with Crippen LogP contribution in [-0.2, 0) is 4.79 Å². The fourth-order valence-corrected chi connectivity index (χ4v) is 2.19. The fourth-order valence-electron chi connectivity index (χ4n) is 2.19. The maximum absolute atomic E-state index is 11.7. The predicted molar refractivity (Wildman–Crippen MR) is 76.4 cm³/mol. The van der Waals surface area contributed by atoms with Gasteiger partial charge in [-0.15, -0.1) is 0 Å². The van der Waals surface area contributed by atoms with Crippen molar-refractivity contribution in [1.29, 1.82) is 0 Å². The first-order valence-corrected chi connectivity index (χ1v) is 6.59. The second kappa shape index (κ2) is 5.38. The Bertz CT molecular complexity index is 474. The molecule has 0 radical (unpaired) electrons. The van der Waals surface area contributed by atoms with E-state index in [1.54, 1.807) is 0 Å². The number of amides is 1. The van der Waals surface area contributed by atoms with Crippen molar-refractivity contribution in [2.75, 3.05) is 23.7 Å². The van der Waals surface area contributed by atoms with Crippen LogP contribution in [0.4, 0.5) is 11.4 Å². The van der Waals surface area contributed by atoms with E-state index in [9.17, 15) is 4.79 Å². The minimum atomic E-state index is -0.177. The van der Waals surface area contributed by atoms with E-state index in [0.717, 1.165) is 12.2 Å². The number of hydrogen-bond acceptors (Lipinski definition) is 4. The lowest BCUT2D eigenvalue weighted by molar-refractivity contribution is -0.122. The number of nitrogens with zero attached hydrogens (tertiary/aromatic N) is 1. The van der Waals surface area contributed by atoms with Gasteiger partial charge in [-0.2, -0.15) is 0 Å². The monoisotopic (exact) mass is 263 g/mol. The minimum absolute atomic E-state index is 0.0504. The van der Waals surface area contributed by atoms with Gasteiger partial charge in [0.15, 0.2) is 0 Å². The molecule has 0 spiro atoms. The molecule has 5 heteroatoms. The quantitative estimate of drug-likeness (QED) is 0.808. The van der Waals surface area contributed by atoms with E-state index in [-0.39, 0.29) is 18.1 Å². The molecule has 104 valence electrons. The van der Waals surface area contributed by atoms with Crippen molar-refractivity contribution in [3.8, 4) is 5.75 Å². The van der Waals surface area contributed by atoms with Crippen LogP contribution in [0.2, 0.25) is 0 Å². The first-order chi connectivity index (χ1) is 8.99. The van der Waals surface area contributed by atoms with Crippen LogP contribution in [0, 0.1) is 0 Å². The van der Waals surface area contributed by atoms with Crippen molar-refractivity contribution in [1.82, 2.24) is 5.32 Å². The lowest BCUT2D eigenvalue weighted by Crippen LogP contribution is -2.54. The number of nitrogens with one attached hydrogen (secondary N) is 1. The van der Waals surface area contributed by atoms with Gasteiger partial charge in [0.25, 0.3) is 0 Å². The Hall–Kier alpha value is -1.91. The summed E-state index contributed by atoms with van der Waals surface area (Å²) in [5, 5.41) is 2.85. The highest BCUT2D eigenvalue weighted by molar-refractivity contribution is 5.86. The normalized spacial score (nSPS) is 19.5. The third-order valence-corrected chi connectivity index (χ3v) is 3.19. The van der Waals surface area contributed by atoms with Gasteiger partial charge in [0.1, 0.15) is 11.8 Å². The molecular formula is C14H21N3O2. The van der Waals surface area contributed by atoms with Gasteiger partial charge in [0, 0.05) is 24.8 Å². The van der Waals surface area contributed by atoms with Crippen LogP contribution in [0.3, 0.4) is 0 Å². The summed E-state index contributed by atoms with van der Waals surface area (Å²) < 4.78 is 5.69. The number of carbonyl (C=O) groups excluding carboxylic acids is 1. The summed E-state index contributed by atoms with van der Waals surface area (Å²) in [4.78, 5) is 13.8. The molecule has 0 bridgehead atoms. The Balaban J connectivity index is 2.27. The Morgan fingerprint density at radius 2 is 2.21 bits per heavy atom. The van der Waals surface area contributed by atoms with Gasteiger partial charge in [-0.05, 0) is 32.9 Å². The van der Waals surface area contributed by atoms with Crippen LogP contribution >= 0.6 is 0 Å². The molecule has 0 aromatic heterocycles. The summed E-state index contributed by atoms with van der Waals surface area (Å²) in [6.45, 7) is 7.27. The number of carbonyl (C=O) groups is 1. The molecule has 1 fully saturated rings. The number of nitrogens with two attached hydrogens (primary N) is 1. The van der Waals surface area contributed by atoms with Crippen molar-refractivity contribution in [2.24, 2.45) is 0 Å². The standard InChI is InChI=1S/C14H21N3O2/c1-9(2)19-13-8-11(4-5-12(13)15)17-7-6-16-14(18)10(17)3/h4-5,8-10H,6-7,15H2,1-3H3,(H,16,18). The molecule has 1 aliphatic rings. The van der Waals surface area contributed by atoms with E-state index >= 15 is 0 Å². The van der Waals surface area contributed by atoms with Crippen molar-refractivity contribution in [3.05, 3.63) is 18.2 Å². The molecule has 0 saturated carbocycles. The molecule has 2 rings (SSSR count). The Kier molecular flexibility index (Phi) is 3.83. The van der Waals surface area contributed by atoms with Crippen LogP contribution in [0.5, 0.6) is 5.75 Å². The number of nitrogen functional groups attached to an aromatic ring is 1. The zero-order chi connectivity index (χ0) is 14.0. The minimum Gasteiger partial charge on any atom is -0.489 e. The maximum atomic E-state index is 11.7. The Morgan fingerprint density at radius 3 is 2.89 bits per heavy atom. The molecule has 3 N–H and O–H groups in total. The Morgan fingerprint density at radius 1 is 1.47 bits per heavy atom. The van der Waals surface area contributed by atoms with E-state index in [1.807, 2.05) is 39.0 Å². The van der Waals surface area contributed by atoms with Crippen molar-refractivity contribution >= 4 is 17.3 Å². The summed E-state index contributed by atoms with van der Waals surface area (Å²) in [6, 6.07) is 5.48. The largest absolute Gasteiger partial charge is 0.489 e. The second-order valence-corrected chi connectivity index (χ2v) is 5.05. The van der Waals surface area contributed by atoms with E-state index in [2.05, 4.69) is 10.2 Å². The fraction of sp³-hybridized carbons (Fsp3) is 0.500. The van der Waals surface area contributed by atoms with Gasteiger partial charge in [0.05, 0.1) is 11.8 Å². The van der Waals surface area contributed by atoms with Crippen LogP contribution in [0.1, 0.15) is 20.8 Å². The van der Waals surface area contributed by atoms with Gasteiger partial charge < -0.3 is 20.7 Å². The molecule has 1 heterocycles. The third-order valence-electron chi connectivity index (χ3n) is 3.19. The highest BCUT2D eigenvalue weighted by Crippen LogP contribution is 2.30. The number of piperazine rings is 1. The molecule has 1 aliphatic heterocycles. The molecule has 1 atom stereocenters. The molecule has 1 saturated heterocycles. The average molecular weight is 263 g/mol. The third kappa shape index (κ3) is 2.92. The first-order valence-electron chi connectivity index (χ1n) is 6.59. The van der Waals surface area contributed by atoms with Gasteiger partial charge in [-0.25, -0.2) is 0 Å². The SMILES string of the molecule is CC(C)Oc1cc(N2CCNC(=O)C2C)ccc1N. The van der Waals surface area contributed by atoms with Crippen molar-refractivity contribution in [3.63, 3.8) is 0 Å². The first kappa shape index (κ1) is 13.5. The number of ether oxygens (including phenoxy) is 1. The smallest absolute Gasteiger partial charge is 0.242 e. The van der Waals surface area contributed by atoms with E-state index in [1.165, 1.54) is 0 Å². The van der Waals surface area contributed by atoms with E-state index in [0.29, 0.717) is 18.0 Å². The van der Waals surface area contributed by atoms with Crippen LogP contribution in [0.15, 0.2) is 18.2 Å². The molecule has 1 unspecified atom stereocenters. The number of rotatable bonds is 3. The van der Waals surface area contributed by atoms with E-state index < -0.39 is 0 Å². The lowest BCUT2D eigenvalue weighted by Gasteiger charge is -2.35. The van der Waals surface area contributed by atoms with Crippen LogP contribution < -0.4 is 20.7 Å². The molecular weight excluding hydrogens is 242 g/mol. The van der Waals surface area contributed by atoms with Crippen molar-refractivity contribution in [2.45, 2.75) is 32.9 Å². The molecule has 1 aromatic carbocycles. The molecule has 1 amide bonds. The maximum Gasteiger partial charge on any atom is 0.242 e. The van der Waals surface area contributed by atoms with Crippen LogP contribution in [-0.4, -0.2) is 31.1 Å². The summed E-state index contributed by atoms with van der Waals surface area (Å²) >= 11 is 0. The summed E-state index contributed by atoms with van der Waals surface area (Å²) in [6.07, 6.45) is 0.0691. The molecule has 5 nitrogen and oxygen atoms in total. The topological polar surface area (TPSA) is 67.6 Å². The molecule has 19 heavy (non-hydrogen) atoms. The van der Waals surface area contributed by atoms with E-state index in [4.69, 9.17) is 10.5 Å². The zero-order valence-electron chi connectivity index (χ0n) is 11.6. The highest BCUT2D eigenvalue weighted by Gasteiger charge is 2.26.